The molecule has 2 fully saturated rings. The van der Waals surface area contributed by atoms with Gasteiger partial charge in [0.05, 0.1) is 18.9 Å². The van der Waals surface area contributed by atoms with Crippen molar-refractivity contribution in [3.05, 3.63) is 0 Å². The Morgan fingerprint density at radius 1 is 1.44 bits per heavy atom. The second-order valence-electron chi connectivity index (χ2n) is 5.33. The van der Waals surface area contributed by atoms with Crippen LogP contribution in [0, 0.1) is 0 Å². The molecule has 92 valence electrons. The minimum absolute atomic E-state index is 0.0891. The fraction of sp³-hybridized carbons (Fsp3) is 0.909. The number of hydrogen-bond acceptors (Lipinski definition) is 5. The fourth-order valence-corrected chi connectivity index (χ4v) is 2.08. The molecule has 0 saturated carbocycles. The van der Waals surface area contributed by atoms with E-state index in [4.69, 9.17) is 9.47 Å². The minimum Gasteiger partial charge on any atom is -0.459 e. The first-order valence-corrected chi connectivity index (χ1v) is 5.79. The Morgan fingerprint density at radius 3 is 2.81 bits per heavy atom. The highest BCUT2D eigenvalue weighted by molar-refractivity contribution is 5.76. The number of fused-ring (bicyclic) bond motifs is 1. The Hall–Kier alpha value is -0.650. The van der Waals surface area contributed by atoms with E-state index < -0.39 is 5.60 Å². The maximum absolute atomic E-state index is 11.8. The number of carbonyl (C=O) groups is 1. The van der Waals surface area contributed by atoms with Crippen LogP contribution in [0.5, 0.6) is 0 Å². The molecule has 0 spiro atoms. The normalized spacial score (nSPS) is 34.6. The maximum atomic E-state index is 11.8. The van der Waals surface area contributed by atoms with Gasteiger partial charge in [0.15, 0.2) is 0 Å². The molecule has 0 aliphatic carbocycles. The summed E-state index contributed by atoms with van der Waals surface area (Å²) in [6, 6.07) is -0.250. The molecule has 3 unspecified atom stereocenters. The fourth-order valence-electron chi connectivity index (χ4n) is 2.08. The molecule has 2 heterocycles. The van der Waals surface area contributed by atoms with Crippen LogP contribution in [-0.2, 0) is 14.3 Å². The molecule has 2 aliphatic rings. The molecule has 0 aromatic rings. The predicted octanol–water partition coefficient (Wildman–Crippen LogP) is 0.00450. The molecule has 0 radical (unpaired) electrons. The maximum Gasteiger partial charge on any atom is 0.323 e. The molecule has 2 N–H and O–H groups in total. The monoisotopic (exact) mass is 228 g/mol. The van der Waals surface area contributed by atoms with Crippen molar-refractivity contribution in [2.75, 3.05) is 13.2 Å². The summed E-state index contributed by atoms with van der Waals surface area (Å²) in [5, 5.41) is 6.49. The number of carbonyl (C=O) groups excluding carboxylic acids is 1. The third-order valence-corrected chi connectivity index (χ3v) is 2.71. The predicted molar refractivity (Wildman–Crippen MR) is 58.9 cm³/mol. The molecule has 0 aromatic carbocycles. The average molecular weight is 228 g/mol. The molecular weight excluding hydrogens is 208 g/mol. The van der Waals surface area contributed by atoms with Crippen molar-refractivity contribution in [3.8, 4) is 0 Å². The second kappa shape index (κ2) is 4.31. The van der Waals surface area contributed by atoms with Crippen molar-refractivity contribution in [2.24, 2.45) is 0 Å². The minimum atomic E-state index is -0.430. The van der Waals surface area contributed by atoms with E-state index in [1.165, 1.54) is 0 Å². The highest BCUT2D eigenvalue weighted by Crippen LogP contribution is 2.20. The van der Waals surface area contributed by atoms with Gasteiger partial charge < -0.3 is 9.47 Å². The van der Waals surface area contributed by atoms with Crippen LogP contribution < -0.4 is 10.6 Å². The molecule has 0 amide bonds. The lowest BCUT2D eigenvalue weighted by atomic mass is 10.1. The van der Waals surface area contributed by atoms with Gasteiger partial charge in [0.1, 0.15) is 11.6 Å². The summed E-state index contributed by atoms with van der Waals surface area (Å²) in [7, 11) is 0. The van der Waals surface area contributed by atoms with E-state index in [-0.39, 0.29) is 24.3 Å². The van der Waals surface area contributed by atoms with Crippen LogP contribution in [0.15, 0.2) is 0 Å². The van der Waals surface area contributed by atoms with Crippen LogP contribution in [0.4, 0.5) is 0 Å². The summed E-state index contributed by atoms with van der Waals surface area (Å²) in [5.74, 6) is -0.188. The van der Waals surface area contributed by atoms with Crippen LogP contribution in [0.25, 0.3) is 0 Å². The van der Waals surface area contributed by atoms with E-state index in [9.17, 15) is 4.79 Å². The van der Waals surface area contributed by atoms with Gasteiger partial charge >= 0.3 is 5.97 Å². The van der Waals surface area contributed by atoms with Crippen molar-refractivity contribution in [3.63, 3.8) is 0 Å². The number of esters is 1. The van der Waals surface area contributed by atoms with Crippen molar-refractivity contribution in [2.45, 2.75) is 51.1 Å². The van der Waals surface area contributed by atoms with Crippen molar-refractivity contribution in [1.82, 2.24) is 10.6 Å². The lowest BCUT2D eigenvalue weighted by Crippen LogP contribution is -2.52. The first-order chi connectivity index (χ1) is 7.46. The summed E-state index contributed by atoms with van der Waals surface area (Å²) < 4.78 is 10.9. The topological polar surface area (TPSA) is 59.6 Å². The average Bonchev–Trinajstić information content (AvgIpc) is 2.58. The van der Waals surface area contributed by atoms with Crippen LogP contribution in [0.3, 0.4) is 0 Å². The van der Waals surface area contributed by atoms with E-state index in [1.54, 1.807) is 0 Å². The van der Waals surface area contributed by atoms with E-state index in [0.29, 0.717) is 13.0 Å². The zero-order valence-electron chi connectivity index (χ0n) is 10.1. The quantitative estimate of drug-likeness (QED) is 0.619. The van der Waals surface area contributed by atoms with Gasteiger partial charge in [-0.1, -0.05) is 0 Å². The van der Waals surface area contributed by atoms with Gasteiger partial charge in [-0.3, -0.25) is 15.4 Å². The number of morpholine rings is 1. The molecule has 2 rings (SSSR count). The van der Waals surface area contributed by atoms with Crippen LogP contribution in [-0.4, -0.2) is 43.0 Å². The van der Waals surface area contributed by atoms with Gasteiger partial charge in [0.25, 0.3) is 0 Å². The molecule has 2 aliphatic heterocycles. The zero-order valence-corrected chi connectivity index (χ0v) is 10.1. The number of nitrogens with one attached hydrogen (secondary N) is 2. The Balaban J connectivity index is 1.90. The SMILES string of the molecule is CC(C)(C)OC(=O)C1CC2OCCNC2N1. The van der Waals surface area contributed by atoms with Crippen LogP contribution >= 0.6 is 0 Å². The van der Waals surface area contributed by atoms with E-state index in [2.05, 4.69) is 10.6 Å². The van der Waals surface area contributed by atoms with Gasteiger partial charge in [-0.15, -0.1) is 0 Å². The molecule has 0 bridgehead atoms. The largest absolute Gasteiger partial charge is 0.459 e. The van der Waals surface area contributed by atoms with Crippen LogP contribution in [0.1, 0.15) is 27.2 Å². The molecule has 5 nitrogen and oxygen atoms in total. The van der Waals surface area contributed by atoms with E-state index in [0.717, 1.165) is 6.54 Å². The number of rotatable bonds is 1. The Kier molecular flexibility index (Phi) is 3.19. The standard InChI is InChI=1S/C11H20N2O3/c1-11(2,3)16-10(14)7-6-8-9(13-7)12-4-5-15-8/h7-9,12-13H,4-6H2,1-3H3. The highest BCUT2D eigenvalue weighted by atomic mass is 16.6. The molecule has 16 heavy (non-hydrogen) atoms. The van der Waals surface area contributed by atoms with Crippen molar-refractivity contribution in [1.29, 1.82) is 0 Å². The third-order valence-electron chi connectivity index (χ3n) is 2.71. The lowest BCUT2D eigenvalue weighted by molar-refractivity contribution is -0.157. The van der Waals surface area contributed by atoms with E-state index in [1.807, 2.05) is 20.8 Å². The number of hydrogen-bond donors (Lipinski definition) is 2. The lowest BCUT2D eigenvalue weighted by Gasteiger charge is -2.26. The smallest absolute Gasteiger partial charge is 0.323 e. The summed E-state index contributed by atoms with van der Waals surface area (Å²) in [6.07, 6.45) is 0.865. The van der Waals surface area contributed by atoms with Gasteiger partial charge in [0, 0.05) is 13.0 Å². The van der Waals surface area contributed by atoms with Gasteiger partial charge in [-0.25, -0.2) is 0 Å². The second-order valence-corrected chi connectivity index (χ2v) is 5.33. The number of ether oxygens (including phenoxy) is 2. The Morgan fingerprint density at radius 2 is 2.19 bits per heavy atom. The zero-order chi connectivity index (χ0) is 11.8. The van der Waals surface area contributed by atoms with Gasteiger partial charge in [0.2, 0.25) is 0 Å². The molecule has 5 heteroatoms. The molecule has 2 saturated heterocycles. The summed E-state index contributed by atoms with van der Waals surface area (Å²) in [4.78, 5) is 11.8. The molecular formula is C11H20N2O3. The highest BCUT2D eigenvalue weighted by Gasteiger charge is 2.40. The third kappa shape index (κ3) is 2.72. The van der Waals surface area contributed by atoms with Gasteiger partial charge in [-0.05, 0) is 20.8 Å². The summed E-state index contributed by atoms with van der Waals surface area (Å²) in [6.45, 7) is 7.17. The van der Waals surface area contributed by atoms with Crippen molar-refractivity contribution >= 4 is 5.97 Å². The van der Waals surface area contributed by atoms with Crippen LogP contribution in [0.2, 0.25) is 0 Å². The summed E-state index contributed by atoms with van der Waals surface area (Å²) in [5.41, 5.74) is -0.430. The Labute approximate surface area is 95.9 Å². The first kappa shape index (κ1) is 11.8. The molecule has 3 atom stereocenters. The summed E-state index contributed by atoms with van der Waals surface area (Å²) >= 11 is 0. The van der Waals surface area contributed by atoms with Gasteiger partial charge in [-0.2, -0.15) is 0 Å². The van der Waals surface area contributed by atoms with Crippen molar-refractivity contribution < 1.29 is 14.3 Å². The first-order valence-electron chi connectivity index (χ1n) is 5.79. The molecule has 0 aromatic heterocycles. The van der Waals surface area contributed by atoms with E-state index >= 15 is 0 Å². The Bertz CT molecular complexity index is 261.